The lowest BCUT2D eigenvalue weighted by Gasteiger charge is -2.16. The van der Waals surface area contributed by atoms with Crippen molar-refractivity contribution in [3.8, 4) is 5.75 Å². The fourth-order valence-corrected chi connectivity index (χ4v) is 4.22. The van der Waals surface area contributed by atoms with E-state index in [1.54, 1.807) is 6.92 Å². The number of non-ortho nitro benzene ring substituents is 1. The molecule has 0 aliphatic heterocycles. The average molecular weight is 472 g/mol. The molecule has 31 heavy (non-hydrogen) atoms. The molecular formula is C18H21N3O8S2. The molecule has 0 radical (unpaired) electrons. The average Bonchev–Trinajstić information content (AvgIpc) is 2.68. The Morgan fingerprint density at radius 2 is 1.77 bits per heavy atom. The molecule has 0 spiro atoms. The molecule has 0 saturated heterocycles. The highest BCUT2D eigenvalue weighted by atomic mass is 32.2. The number of anilines is 1. The number of sulfone groups is 1. The van der Waals surface area contributed by atoms with Crippen LogP contribution in [0.1, 0.15) is 17.3 Å². The zero-order valence-electron chi connectivity index (χ0n) is 17.1. The topological polar surface area (TPSA) is 153 Å². The van der Waals surface area contributed by atoms with Crippen molar-refractivity contribution in [3.05, 3.63) is 52.1 Å². The molecule has 0 aliphatic carbocycles. The molecule has 1 N–H and O–H groups in total. The van der Waals surface area contributed by atoms with Crippen LogP contribution >= 0.6 is 0 Å². The maximum absolute atomic E-state index is 12.7. The van der Waals surface area contributed by atoms with Gasteiger partial charge >= 0.3 is 0 Å². The number of hydrogen-bond donors (Lipinski definition) is 1. The fraction of sp³-hybridized carbons (Fsp3) is 0.278. The normalized spacial score (nSPS) is 11.9. The molecular weight excluding hydrogens is 450 g/mol. The summed E-state index contributed by atoms with van der Waals surface area (Å²) < 4.78 is 55.2. The third-order valence-corrected chi connectivity index (χ3v) is 6.98. The lowest BCUT2D eigenvalue weighted by atomic mass is 10.2. The van der Waals surface area contributed by atoms with Gasteiger partial charge in [-0.3, -0.25) is 14.9 Å². The van der Waals surface area contributed by atoms with Gasteiger partial charge in [-0.05, 0) is 31.2 Å². The SMILES string of the molecule is CCOc1ccc(NC(=O)c2cc([N+](=O)[O-])cc(S(C)(=O)=O)c2)cc1S(=O)(=O)N(C)C. The number of carbonyl (C=O) groups is 1. The zero-order chi connectivity index (χ0) is 23.6. The maximum Gasteiger partial charge on any atom is 0.271 e. The number of benzene rings is 2. The van der Waals surface area contributed by atoms with Crippen LogP contribution in [0.3, 0.4) is 0 Å². The van der Waals surface area contributed by atoms with E-state index in [1.807, 2.05) is 0 Å². The number of nitrogens with zero attached hydrogens (tertiary/aromatic N) is 2. The summed E-state index contributed by atoms with van der Waals surface area (Å²) in [5.74, 6) is -0.769. The highest BCUT2D eigenvalue weighted by Gasteiger charge is 2.24. The van der Waals surface area contributed by atoms with E-state index in [1.165, 1.54) is 32.3 Å². The number of ether oxygens (including phenoxy) is 1. The van der Waals surface area contributed by atoms with E-state index >= 15 is 0 Å². The molecule has 13 heteroatoms. The number of hydrogen-bond acceptors (Lipinski definition) is 8. The first-order chi connectivity index (χ1) is 14.3. The highest BCUT2D eigenvalue weighted by molar-refractivity contribution is 7.90. The van der Waals surface area contributed by atoms with Crippen molar-refractivity contribution in [1.82, 2.24) is 4.31 Å². The second-order valence-corrected chi connectivity index (χ2v) is 10.7. The molecule has 0 saturated carbocycles. The van der Waals surface area contributed by atoms with Crippen LogP contribution in [0.25, 0.3) is 0 Å². The predicted octanol–water partition coefficient (Wildman–Crippen LogP) is 1.90. The minimum atomic E-state index is -3.91. The predicted molar refractivity (Wildman–Crippen MR) is 113 cm³/mol. The van der Waals surface area contributed by atoms with E-state index in [9.17, 15) is 31.7 Å². The molecule has 0 aromatic heterocycles. The number of nitro benzene ring substituents is 1. The van der Waals surface area contributed by atoms with Gasteiger partial charge in [0.05, 0.1) is 16.4 Å². The van der Waals surface area contributed by atoms with Crippen molar-refractivity contribution < 1.29 is 31.3 Å². The molecule has 1 amide bonds. The van der Waals surface area contributed by atoms with Crippen LogP contribution in [-0.2, 0) is 19.9 Å². The Morgan fingerprint density at radius 1 is 1.13 bits per heavy atom. The largest absolute Gasteiger partial charge is 0.492 e. The number of nitrogens with one attached hydrogen (secondary N) is 1. The Bertz CT molecular complexity index is 1240. The van der Waals surface area contributed by atoms with Crippen LogP contribution in [0.15, 0.2) is 46.2 Å². The summed E-state index contributed by atoms with van der Waals surface area (Å²) in [5.41, 5.74) is -0.780. The van der Waals surface area contributed by atoms with E-state index in [0.717, 1.165) is 28.8 Å². The molecule has 2 rings (SSSR count). The Labute approximate surface area is 179 Å². The Morgan fingerprint density at radius 3 is 2.29 bits per heavy atom. The summed E-state index contributed by atoms with van der Waals surface area (Å²) in [6.07, 6.45) is 0.860. The number of amides is 1. The summed E-state index contributed by atoms with van der Waals surface area (Å²) in [5, 5.41) is 13.6. The molecule has 0 atom stereocenters. The number of sulfonamides is 1. The fourth-order valence-electron chi connectivity index (χ4n) is 2.50. The van der Waals surface area contributed by atoms with Crippen LogP contribution in [0, 0.1) is 10.1 Å². The van der Waals surface area contributed by atoms with Crippen LogP contribution < -0.4 is 10.1 Å². The molecule has 0 bridgehead atoms. The number of carbonyl (C=O) groups excluding carboxylic acids is 1. The van der Waals surface area contributed by atoms with E-state index in [2.05, 4.69) is 5.32 Å². The monoisotopic (exact) mass is 471 g/mol. The summed E-state index contributed by atoms with van der Waals surface area (Å²) >= 11 is 0. The van der Waals surface area contributed by atoms with Gasteiger partial charge in [-0.2, -0.15) is 0 Å². The van der Waals surface area contributed by atoms with Crippen molar-refractivity contribution in [3.63, 3.8) is 0 Å². The van der Waals surface area contributed by atoms with Crippen molar-refractivity contribution in [2.24, 2.45) is 0 Å². The quantitative estimate of drug-likeness (QED) is 0.452. The molecule has 0 unspecified atom stereocenters. The van der Waals surface area contributed by atoms with Gasteiger partial charge in [0.2, 0.25) is 10.0 Å². The summed E-state index contributed by atoms with van der Waals surface area (Å²) in [7, 11) is -5.05. The zero-order valence-corrected chi connectivity index (χ0v) is 18.8. The molecule has 168 valence electrons. The second-order valence-electron chi connectivity index (χ2n) is 6.58. The first kappa shape index (κ1) is 24.2. The van der Waals surface area contributed by atoms with Crippen molar-refractivity contribution in [2.45, 2.75) is 16.7 Å². The highest BCUT2D eigenvalue weighted by Crippen LogP contribution is 2.30. The molecule has 0 heterocycles. The van der Waals surface area contributed by atoms with Crippen molar-refractivity contribution in [1.29, 1.82) is 0 Å². The smallest absolute Gasteiger partial charge is 0.271 e. The summed E-state index contributed by atoms with van der Waals surface area (Å²) in [4.78, 5) is 22.4. The van der Waals surface area contributed by atoms with Gasteiger partial charge in [-0.1, -0.05) is 0 Å². The van der Waals surface area contributed by atoms with Gasteiger partial charge in [0, 0.05) is 43.7 Å². The molecule has 2 aromatic rings. The minimum absolute atomic E-state index is 0.0706. The number of nitro groups is 1. The molecule has 0 aliphatic rings. The minimum Gasteiger partial charge on any atom is -0.492 e. The third kappa shape index (κ3) is 5.57. The van der Waals surface area contributed by atoms with E-state index in [0.29, 0.717) is 0 Å². The lowest BCUT2D eigenvalue weighted by Crippen LogP contribution is -2.23. The lowest BCUT2D eigenvalue weighted by molar-refractivity contribution is -0.385. The molecule has 0 fully saturated rings. The van der Waals surface area contributed by atoms with Crippen LogP contribution in [0.4, 0.5) is 11.4 Å². The summed E-state index contributed by atoms with van der Waals surface area (Å²) in [6, 6.07) is 6.73. The standard InChI is InChI=1S/C18H21N3O8S2/c1-5-29-16-7-6-13(10-17(16)31(27,28)20(2)3)19-18(22)12-8-14(21(23)24)11-15(9-12)30(4,25)26/h6-11H,5H2,1-4H3,(H,19,22). The first-order valence-electron chi connectivity index (χ1n) is 8.77. The Kier molecular flexibility index (Phi) is 7.03. The Balaban J connectivity index is 2.51. The van der Waals surface area contributed by atoms with Crippen LogP contribution in [-0.4, -0.2) is 58.9 Å². The van der Waals surface area contributed by atoms with Gasteiger partial charge < -0.3 is 10.1 Å². The van der Waals surface area contributed by atoms with Gasteiger partial charge in [0.1, 0.15) is 10.6 Å². The first-order valence-corrected chi connectivity index (χ1v) is 12.1. The van der Waals surface area contributed by atoms with E-state index in [4.69, 9.17) is 4.74 Å². The number of rotatable bonds is 8. The van der Waals surface area contributed by atoms with E-state index < -0.39 is 41.3 Å². The maximum atomic E-state index is 12.7. The van der Waals surface area contributed by atoms with Gasteiger partial charge in [-0.15, -0.1) is 0 Å². The molecule has 2 aromatic carbocycles. The van der Waals surface area contributed by atoms with Crippen LogP contribution in [0.5, 0.6) is 5.75 Å². The van der Waals surface area contributed by atoms with Crippen molar-refractivity contribution in [2.75, 3.05) is 32.3 Å². The van der Waals surface area contributed by atoms with Gasteiger partial charge in [0.25, 0.3) is 11.6 Å². The summed E-state index contributed by atoms with van der Waals surface area (Å²) in [6.45, 7) is 1.90. The van der Waals surface area contributed by atoms with Gasteiger partial charge in [-0.25, -0.2) is 21.1 Å². The van der Waals surface area contributed by atoms with Crippen LogP contribution in [0.2, 0.25) is 0 Å². The second kappa shape index (κ2) is 8.99. The molecule has 11 nitrogen and oxygen atoms in total. The van der Waals surface area contributed by atoms with Gasteiger partial charge in [0.15, 0.2) is 9.84 Å². The third-order valence-electron chi connectivity index (χ3n) is 4.05. The Hall–Kier alpha value is -3.03. The van der Waals surface area contributed by atoms with Crippen molar-refractivity contribution >= 4 is 37.1 Å². The van der Waals surface area contributed by atoms with E-state index in [-0.39, 0.29) is 28.5 Å².